The molecule has 0 aromatic carbocycles. The number of allylic oxidation sites excluding steroid dienone is 3. The van der Waals surface area contributed by atoms with Crippen LogP contribution in [0.2, 0.25) is 0 Å². The molecule has 0 bridgehead atoms. The second-order valence-electron chi connectivity index (χ2n) is 1.20. The molecule has 0 amide bonds. The van der Waals surface area contributed by atoms with Crippen molar-refractivity contribution >= 4 is 29.3 Å². The molecule has 1 nitrogen and oxygen atoms in total. The smallest absolute Gasteiger partial charge is 0.0365 e. The third-order valence-corrected chi connectivity index (χ3v) is 0.608. The van der Waals surface area contributed by atoms with Crippen LogP contribution in [0.5, 0.6) is 0 Å². The minimum Gasteiger partial charge on any atom is -0.269 e. The van der Waals surface area contributed by atoms with Gasteiger partial charge in [-0.05, 0) is 24.6 Å². The van der Waals surface area contributed by atoms with Gasteiger partial charge in [-0.15, -0.1) is 0 Å². The van der Waals surface area contributed by atoms with E-state index in [-0.39, 0.29) is 0 Å². The summed E-state index contributed by atoms with van der Waals surface area (Å²) in [6.45, 7) is 8.67. The van der Waals surface area contributed by atoms with Crippen molar-refractivity contribution in [3.05, 3.63) is 24.4 Å². The zero-order chi connectivity index (χ0) is 7.70. The van der Waals surface area contributed by atoms with Crippen LogP contribution in [-0.2, 0) is 0 Å². The molecular weight excluding hydrogens is 225 g/mol. The summed E-state index contributed by atoms with van der Waals surface area (Å²) in [7, 11) is 0. The Bertz CT molecular complexity index is 105. The maximum Gasteiger partial charge on any atom is 0.0365 e. The van der Waals surface area contributed by atoms with Gasteiger partial charge >= 0.3 is 0 Å². The van der Waals surface area contributed by atoms with E-state index in [9.17, 15) is 0 Å². The number of aliphatic imine (C=N–C) groups is 1. The van der Waals surface area contributed by atoms with E-state index in [0.717, 1.165) is 5.70 Å². The third-order valence-electron chi connectivity index (χ3n) is 0.608. The predicted molar refractivity (Wildman–Crippen MR) is 53.4 cm³/mol. The highest BCUT2D eigenvalue weighted by molar-refractivity contribution is 14.1. The molecule has 0 rings (SSSR count). The standard InChI is InChI=1S/C6H9N.CH3I/c1-4-5-6(2)7-3;1-2/h4-5H,1,3H2,2H3;1H3/b6-5-;. The van der Waals surface area contributed by atoms with Gasteiger partial charge in [-0.2, -0.15) is 0 Å². The van der Waals surface area contributed by atoms with E-state index in [1.807, 2.05) is 11.9 Å². The highest BCUT2D eigenvalue weighted by Gasteiger charge is 1.69. The first-order valence-corrected chi connectivity index (χ1v) is 4.61. The van der Waals surface area contributed by atoms with Gasteiger partial charge in [0.05, 0.1) is 0 Å². The average Bonchev–Trinajstić information content (AvgIpc) is 1.93. The van der Waals surface area contributed by atoms with Crippen molar-refractivity contribution < 1.29 is 0 Å². The van der Waals surface area contributed by atoms with Crippen LogP contribution in [0.3, 0.4) is 0 Å². The minimum absolute atomic E-state index is 0.898. The maximum absolute atomic E-state index is 3.62. The van der Waals surface area contributed by atoms with E-state index in [2.05, 4.69) is 40.9 Å². The van der Waals surface area contributed by atoms with Crippen LogP contribution >= 0.6 is 22.6 Å². The van der Waals surface area contributed by atoms with Crippen LogP contribution in [0.1, 0.15) is 6.92 Å². The van der Waals surface area contributed by atoms with Crippen molar-refractivity contribution in [1.29, 1.82) is 0 Å². The normalized spacial score (nSPS) is 9.00. The van der Waals surface area contributed by atoms with Crippen LogP contribution in [0.15, 0.2) is 29.4 Å². The lowest BCUT2D eigenvalue weighted by molar-refractivity contribution is 1.33. The lowest BCUT2D eigenvalue weighted by Crippen LogP contribution is -1.60. The van der Waals surface area contributed by atoms with Crippen molar-refractivity contribution in [2.45, 2.75) is 6.92 Å². The molecule has 0 saturated carbocycles. The molecule has 0 radical (unpaired) electrons. The summed E-state index contributed by atoms with van der Waals surface area (Å²) in [6.07, 6.45) is 3.48. The maximum atomic E-state index is 3.62. The molecule has 0 atom stereocenters. The van der Waals surface area contributed by atoms with Gasteiger partial charge in [-0.3, -0.25) is 4.99 Å². The lowest BCUT2D eigenvalue weighted by Gasteiger charge is -1.80. The Morgan fingerprint density at radius 1 is 1.56 bits per heavy atom. The van der Waals surface area contributed by atoms with Crippen molar-refractivity contribution in [3.63, 3.8) is 0 Å². The lowest BCUT2D eigenvalue weighted by atomic mass is 10.4. The molecular formula is C7H12IN. The number of halogens is 1. The molecule has 2 heteroatoms. The van der Waals surface area contributed by atoms with Gasteiger partial charge in [0, 0.05) is 5.70 Å². The van der Waals surface area contributed by atoms with Gasteiger partial charge in [0.25, 0.3) is 0 Å². The summed E-state index contributed by atoms with van der Waals surface area (Å²) in [6, 6.07) is 0. The molecule has 0 spiro atoms. The van der Waals surface area contributed by atoms with Gasteiger partial charge in [0.15, 0.2) is 0 Å². The first kappa shape index (κ1) is 11.6. The number of nitrogens with zero attached hydrogens (tertiary/aromatic N) is 1. The average molecular weight is 237 g/mol. The Kier molecular flexibility index (Phi) is 14.0. The SMILES string of the molecule is C=C/C=C(/C)N=C.CI. The Hall–Kier alpha value is -0.120. The number of hydrogen-bond donors (Lipinski definition) is 0. The number of rotatable bonds is 2. The van der Waals surface area contributed by atoms with Gasteiger partial charge in [0.1, 0.15) is 0 Å². The largest absolute Gasteiger partial charge is 0.269 e. The first-order valence-electron chi connectivity index (χ1n) is 2.45. The molecule has 0 fully saturated rings. The molecule has 0 N–H and O–H groups in total. The summed E-state index contributed by atoms with van der Waals surface area (Å²) >= 11 is 2.15. The fourth-order valence-electron chi connectivity index (χ4n) is 0.223. The predicted octanol–water partition coefficient (Wildman–Crippen LogP) is 2.83. The molecule has 0 unspecified atom stereocenters. The quantitative estimate of drug-likeness (QED) is 0.303. The highest BCUT2D eigenvalue weighted by atomic mass is 127. The molecule has 0 heterocycles. The monoisotopic (exact) mass is 237 g/mol. The zero-order valence-corrected chi connectivity index (χ0v) is 8.05. The molecule has 0 aromatic rings. The molecule has 0 aliphatic heterocycles. The van der Waals surface area contributed by atoms with Crippen LogP contribution in [0, 0.1) is 0 Å². The van der Waals surface area contributed by atoms with E-state index in [0.29, 0.717) is 0 Å². The van der Waals surface area contributed by atoms with Crippen LogP contribution in [-0.4, -0.2) is 11.6 Å². The van der Waals surface area contributed by atoms with Gasteiger partial charge in [0.2, 0.25) is 0 Å². The fourth-order valence-corrected chi connectivity index (χ4v) is 0.223. The van der Waals surface area contributed by atoms with E-state index in [4.69, 9.17) is 0 Å². The molecule has 0 aliphatic rings. The zero-order valence-electron chi connectivity index (χ0n) is 5.89. The van der Waals surface area contributed by atoms with Crippen LogP contribution < -0.4 is 0 Å². The number of hydrogen-bond acceptors (Lipinski definition) is 1. The summed E-state index contributed by atoms with van der Waals surface area (Å²) in [4.78, 5) is 5.59. The molecule has 0 aliphatic carbocycles. The summed E-state index contributed by atoms with van der Waals surface area (Å²) < 4.78 is 0. The Balaban J connectivity index is 0. The summed E-state index contributed by atoms with van der Waals surface area (Å²) in [5.74, 6) is 0. The van der Waals surface area contributed by atoms with E-state index < -0.39 is 0 Å². The molecule has 9 heavy (non-hydrogen) atoms. The Labute approximate surface area is 70.7 Å². The van der Waals surface area contributed by atoms with E-state index >= 15 is 0 Å². The van der Waals surface area contributed by atoms with Gasteiger partial charge in [-0.25, -0.2) is 0 Å². The Morgan fingerprint density at radius 2 is 2.00 bits per heavy atom. The molecule has 0 saturated heterocycles. The van der Waals surface area contributed by atoms with Gasteiger partial charge in [-0.1, -0.05) is 35.2 Å². The highest BCUT2D eigenvalue weighted by Crippen LogP contribution is 1.89. The van der Waals surface area contributed by atoms with Crippen molar-refractivity contribution in [2.75, 3.05) is 4.93 Å². The van der Waals surface area contributed by atoms with E-state index in [1.54, 1.807) is 12.2 Å². The summed E-state index contributed by atoms with van der Waals surface area (Å²) in [5.41, 5.74) is 0.898. The third kappa shape index (κ3) is 11.4. The second-order valence-corrected chi connectivity index (χ2v) is 1.20. The fraction of sp³-hybridized carbons (Fsp3) is 0.286. The minimum atomic E-state index is 0.898. The second kappa shape index (κ2) is 10.8. The first-order chi connectivity index (χ1) is 4.31. The van der Waals surface area contributed by atoms with Crippen LogP contribution in [0.25, 0.3) is 0 Å². The Morgan fingerprint density at radius 3 is 2.11 bits per heavy atom. The van der Waals surface area contributed by atoms with Gasteiger partial charge < -0.3 is 0 Å². The molecule has 0 aromatic heterocycles. The van der Waals surface area contributed by atoms with E-state index in [1.165, 1.54) is 0 Å². The number of alkyl halides is 1. The van der Waals surface area contributed by atoms with Crippen molar-refractivity contribution in [3.8, 4) is 0 Å². The topological polar surface area (TPSA) is 12.4 Å². The molecule has 52 valence electrons. The van der Waals surface area contributed by atoms with Crippen molar-refractivity contribution in [1.82, 2.24) is 0 Å². The van der Waals surface area contributed by atoms with Crippen LogP contribution in [0.4, 0.5) is 0 Å². The van der Waals surface area contributed by atoms with Crippen molar-refractivity contribution in [2.24, 2.45) is 4.99 Å². The summed E-state index contributed by atoms with van der Waals surface area (Å²) in [5, 5.41) is 0.